The average molecular weight is 181 g/mol. The molecule has 0 fully saturated rings. The summed E-state index contributed by atoms with van der Waals surface area (Å²) in [5.41, 5.74) is 1.09. The zero-order valence-electron chi connectivity index (χ0n) is 7.73. The average Bonchev–Trinajstić information content (AvgIpc) is 2.09. The molecular weight excluding hydrogens is 169 g/mol. The van der Waals surface area contributed by atoms with Gasteiger partial charge in [-0.2, -0.15) is 0 Å². The first-order valence-electron chi connectivity index (χ1n) is 4.19. The van der Waals surface area contributed by atoms with E-state index in [1.54, 1.807) is 26.0 Å². The van der Waals surface area contributed by atoms with Crippen molar-refractivity contribution in [3.05, 3.63) is 29.6 Å². The Balaban J connectivity index is 2.83. The fraction of sp³-hybridized carbons (Fsp3) is 0.300. The van der Waals surface area contributed by atoms with E-state index in [1.165, 1.54) is 6.07 Å². The molecule has 13 heavy (non-hydrogen) atoms. The van der Waals surface area contributed by atoms with Crippen molar-refractivity contribution >= 4 is 11.6 Å². The Kier molecular flexibility index (Phi) is 3.01. The number of benzene rings is 1. The van der Waals surface area contributed by atoms with E-state index >= 15 is 0 Å². The molecule has 0 atom stereocenters. The molecule has 1 N–H and O–H groups in total. The van der Waals surface area contributed by atoms with Gasteiger partial charge in [-0.3, -0.25) is 4.79 Å². The van der Waals surface area contributed by atoms with Crippen LogP contribution < -0.4 is 5.32 Å². The lowest BCUT2D eigenvalue weighted by molar-refractivity contribution is -0.115. The summed E-state index contributed by atoms with van der Waals surface area (Å²) < 4.78 is 13.1. The Morgan fingerprint density at radius 3 is 2.77 bits per heavy atom. The summed E-state index contributed by atoms with van der Waals surface area (Å²) in [6.45, 7) is 3.52. The SMILES string of the molecule is CCC(=O)Nc1ccc(C)cc1F. The molecule has 0 aliphatic carbocycles. The Hall–Kier alpha value is -1.38. The van der Waals surface area contributed by atoms with Gasteiger partial charge in [-0.15, -0.1) is 0 Å². The molecule has 0 bridgehead atoms. The molecule has 0 saturated carbocycles. The maximum Gasteiger partial charge on any atom is 0.224 e. The summed E-state index contributed by atoms with van der Waals surface area (Å²) in [6, 6.07) is 4.72. The van der Waals surface area contributed by atoms with Gasteiger partial charge in [-0.25, -0.2) is 4.39 Å². The minimum absolute atomic E-state index is 0.178. The molecule has 0 radical (unpaired) electrons. The van der Waals surface area contributed by atoms with Gasteiger partial charge < -0.3 is 5.32 Å². The summed E-state index contributed by atoms with van der Waals surface area (Å²) in [7, 11) is 0. The van der Waals surface area contributed by atoms with Crippen LogP contribution in [0.1, 0.15) is 18.9 Å². The number of hydrogen-bond donors (Lipinski definition) is 1. The number of nitrogens with one attached hydrogen (secondary N) is 1. The molecule has 1 aromatic rings. The van der Waals surface area contributed by atoms with E-state index in [9.17, 15) is 9.18 Å². The van der Waals surface area contributed by atoms with Gasteiger partial charge in [0.15, 0.2) is 0 Å². The predicted molar refractivity (Wildman–Crippen MR) is 50.1 cm³/mol. The Morgan fingerprint density at radius 1 is 1.54 bits per heavy atom. The van der Waals surface area contributed by atoms with Crippen molar-refractivity contribution < 1.29 is 9.18 Å². The number of rotatable bonds is 2. The third-order valence-corrected chi connectivity index (χ3v) is 1.72. The maximum atomic E-state index is 13.1. The monoisotopic (exact) mass is 181 g/mol. The van der Waals surface area contributed by atoms with E-state index in [-0.39, 0.29) is 17.4 Å². The molecule has 70 valence electrons. The van der Waals surface area contributed by atoms with Gasteiger partial charge in [0.1, 0.15) is 5.82 Å². The number of anilines is 1. The van der Waals surface area contributed by atoms with Crippen LogP contribution in [0.25, 0.3) is 0 Å². The van der Waals surface area contributed by atoms with Crippen LogP contribution in [0.3, 0.4) is 0 Å². The zero-order valence-corrected chi connectivity index (χ0v) is 7.73. The van der Waals surface area contributed by atoms with Crippen molar-refractivity contribution in [3.8, 4) is 0 Å². The number of carbonyl (C=O) groups is 1. The van der Waals surface area contributed by atoms with Crippen LogP contribution in [-0.2, 0) is 4.79 Å². The normalized spacial score (nSPS) is 9.77. The third-order valence-electron chi connectivity index (χ3n) is 1.72. The highest BCUT2D eigenvalue weighted by Crippen LogP contribution is 2.15. The van der Waals surface area contributed by atoms with Gasteiger partial charge >= 0.3 is 0 Å². The second-order valence-electron chi connectivity index (χ2n) is 2.89. The van der Waals surface area contributed by atoms with Gasteiger partial charge in [-0.05, 0) is 24.6 Å². The lowest BCUT2D eigenvalue weighted by Gasteiger charge is -2.04. The van der Waals surface area contributed by atoms with Crippen LogP contribution in [0.15, 0.2) is 18.2 Å². The van der Waals surface area contributed by atoms with Crippen LogP contribution >= 0.6 is 0 Å². The number of hydrogen-bond acceptors (Lipinski definition) is 1. The topological polar surface area (TPSA) is 29.1 Å². The van der Waals surface area contributed by atoms with Crippen molar-refractivity contribution in [3.63, 3.8) is 0 Å². The summed E-state index contributed by atoms with van der Waals surface area (Å²) in [5.74, 6) is -0.565. The molecule has 0 spiro atoms. The van der Waals surface area contributed by atoms with Crippen molar-refractivity contribution in [1.82, 2.24) is 0 Å². The van der Waals surface area contributed by atoms with Crippen LogP contribution in [0.5, 0.6) is 0 Å². The van der Waals surface area contributed by atoms with E-state index in [2.05, 4.69) is 5.32 Å². The zero-order chi connectivity index (χ0) is 9.84. The Labute approximate surface area is 76.8 Å². The van der Waals surface area contributed by atoms with Gasteiger partial charge in [0.2, 0.25) is 5.91 Å². The minimum atomic E-state index is -0.387. The van der Waals surface area contributed by atoms with E-state index in [0.717, 1.165) is 5.56 Å². The van der Waals surface area contributed by atoms with E-state index in [1.807, 2.05) is 0 Å². The molecule has 3 heteroatoms. The fourth-order valence-electron chi connectivity index (χ4n) is 0.960. The molecule has 0 saturated heterocycles. The largest absolute Gasteiger partial charge is 0.324 e. The van der Waals surface area contributed by atoms with Crippen molar-refractivity contribution in [2.75, 3.05) is 5.32 Å². The molecule has 0 unspecified atom stereocenters. The first-order chi connectivity index (χ1) is 6.13. The molecular formula is C10H12FNO. The van der Waals surface area contributed by atoms with Crippen LogP contribution in [-0.4, -0.2) is 5.91 Å². The molecule has 1 aromatic carbocycles. The van der Waals surface area contributed by atoms with Gasteiger partial charge in [0.05, 0.1) is 5.69 Å². The predicted octanol–water partition coefficient (Wildman–Crippen LogP) is 2.48. The summed E-state index contributed by atoms with van der Waals surface area (Å²) >= 11 is 0. The lowest BCUT2D eigenvalue weighted by atomic mass is 10.2. The lowest BCUT2D eigenvalue weighted by Crippen LogP contribution is -2.10. The third kappa shape index (κ3) is 2.54. The second-order valence-corrected chi connectivity index (χ2v) is 2.89. The van der Waals surface area contributed by atoms with Crippen molar-refractivity contribution in [2.45, 2.75) is 20.3 Å². The molecule has 0 aliphatic heterocycles. The Bertz CT molecular complexity index is 323. The van der Waals surface area contributed by atoms with Crippen molar-refractivity contribution in [1.29, 1.82) is 0 Å². The maximum absolute atomic E-state index is 13.1. The van der Waals surface area contributed by atoms with Crippen LogP contribution in [0.2, 0.25) is 0 Å². The summed E-state index contributed by atoms with van der Waals surface area (Å²) in [5, 5.41) is 2.47. The highest BCUT2D eigenvalue weighted by molar-refractivity contribution is 5.90. The van der Waals surface area contributed by atoms with E-state index < -0.39 is 0 Å². The van der Waals surface area contributed by atoms with Crippen LogP contribution in [0.4, 0.5) is 10.1 Å². The van der Waals surface area contributed by atoms with Crippen LogP contribution in [0, 0.1) is 12.7 Å². The first kappa shape index (κ1) is 9.71. The standard InChI is InChI=1S/C10H12FNO/c1-3-10(13)12-9-5-4-7(2)6-8(9)11/h4-6H,3H2,1-2H3,(H,12,13). The molecule has 0 aromatic heterocycles. The van der Waals surface area contributed by atoms with Gasteiger partial charge in [0.25, 0.3) is 0 Å². The molecule has 1 rings (SSSR count). The number of carbonyl (C=O) groups excluding carboxylic acids is 1. The molecule has 0 aliphatic rings. The van der Waals surface area contributed by atoms with E-state index in [4.69, 9.17) is 0 Å². The van der Waals surface area contributed by atoms with Crippen molar-refractivity contribution in [2.24, 2.45) is 0 Å². The fourth-order valence-corrected chi connectivity index (χ4v) is 0.960. The highest BCUT2D eigenvalue weighted by Gasteiger charge is 2.04. The quantitative estimate of drug-likeness (QED) is 0.746. The Morgan fingerprint density at radius 2 is 2.23 bits per heavy atom. The molecule has 1 amide bonds. The van der Waals surface area contributed by atoms with Gasteiger partial charge in [-0.1, -0.05) is 13.0 Å². The summed E-state index contributed by atoms with van der Waals surface area (Å²) in [4.78, 5) is 10.9. The smallest absolute Gasteiger partial charge is 0.224 e. The number of amides is 1. The second kappa shape index (κ2) is 4.03. The highest BCUT2D eigenvalue weighted by atomic mass is 19.1. The minimum Gasteiger partial charge on any atom is -0.324 e. The van der Waals surface area contributed by atoms with E-state index in [0.29, 0.717) is 6.42 Å². The number of aryl methyl sites for hydroxylation is 1. The number of halogens is 1. The van der Waals surface area contributed by atoms with Gasteiger partial charge in [0, 0.05) is 6.42 Å². The first-order valence-corrected chi connectivity index (χ1v) is 4.19. The molecule has 0 heterocycles. The molecule has 2 nitrogen and oxygen atoms in total. The summed E-state index contributed by atoms with van der Waals surface area (Å²) in [6.07, 6.45) is 0.354.